The van der Waals surface area contributed by atoms with Gasteiger partial charge in [-0.3, -0.25) is 9.59 Å². The molecule has 1 aromatic carbocycles. The van der Waals surface area contributed by atoms with Gasteiger partial charge in [0.05, 0.1) is 0 Å². The SMILES string of the molecule is Cc1cc(C(=O)CCC(=O)N2CCC(c3nc4ccccc4o3)CC2)c(C)s1. The first-order valence-corrected chi connectivity index (χ1v) is 10.6. The second-order valence-corrected chi connectivity index (χ2v) is 8.89. The molecule has 6 heteroatoms. The minimum Gasteiger partial charge on any atom is -0.440 e. The highest BCUT2D eigenvalue weighted by atomic mass is 32.1. The predicted molar refractivity (Wildman–Crippen MR) is 110 cm³/mol. The minimum atomic E-state index is 0.0639. The molecule has 3 aromatic rings. The van der Waals surface area contributed by atoms with Gasteiger partial charge in [0.2, 0.25) is 5.91 Å². The number of Topliss-reactive ketones (excluding diaryl/α,β-unsaturated/α-hetero) is 1. The van der Waals surface area contributed by atoms with Gasteiger partial charge in [0, 0.05) is 47.2 Å². The van der Waals surface area contributed by atoms with Crippen molar-refractivity contribution in [2.75, 3.05) is 13.1 Å². The van der Waals surface area contributed by atoms with Crippen molar-refractivity contribution in [2.45, 2.75) is 45.4 Å². The van der Waals surface area contributed by atoms with Crippen LogP contribution in [0.3, 0.4) is 0 Å². The number of thiophene rings is 1. The quantitative estimate of drug-likeness (QED) is 0.577. The summed E-state index contributed by atoms with van der Waals surface area (Å²) in [5, 5.41) is 0. The van der Waals surface area contributed by atoms with Crippen LogP contribution in [-0.2, 0) is 4.79 Å². The standard InChI is InChI=1S/C22H24N2O3S/c1-14-13-17(15(2)28-14)19(25)7-8-21(26)24-11-9-16(10-12-24)22-23-18-5-3-4-6-20(18)27-22/h3-6,13,16H,7-12H2,1-2H3. The van der Waals surface area contributed by atoms with Gasteiger partial charge in [0.15, 0.2) is 17.3 Å². The molecule has 0 saturated carbocycles. The first kappa shape index (κ1) is 18.9. The molecule has 0 N–H and O–H groups in total. The van der Waals surface area contributed by atoms with Crippen molar-refractivity contribution in [3.63, 3.8) is 0 Å². The fourth-order valence-corrected chi connectivity index (χ4v) is 4.80. The molecule has 0 radical (unpaired) electrons. The number of ketones is 1. The van der Waals surface area contributed by atoms with E-state index in [4.69, 9.17) is 4.42 Å². The molecule has 2 aromatic heterocycles. The molecule has 0 bridgehead atoms. The summed E-state index contributed by atoms with van der Waals surface area (Å²) in [7, 11) is 0. The molecule has 4 rings (SSSR count). The Morgan fingerprint density at radius 2 is 1.93 bits per heavy atom. The average molecular weight is 397 g/mol. The fraction of sp³-hybridized carbons (Fsp3) is 0.409. The highest BCUT2D eigenvalue weighted by Gasteiger charge is 2.27. The van der Waals surface area contributed by atoms with Crippen LogP contribution in [-0.4, -0.2) is 34.7 Å². The summed E-state index contributed by atoms with van der Waals surface area (Å²) in [4.78, 5) is 33.6. The van der Waals surface area contributed by atoms with Crippen LogP contribution in [0.5, 0.6) is 0 Å². The number of oxazole rings is 1. The highest BCUT2D eigenvalue weighted by Crippen LogP contribution is 2.30. The lowest BCUT2D eigenvalue weighted by Crippen LogP contribution is -2.38. The van der Waals surface area contributed by atoms with Crippen LogP contribution < -0.4 is 0 Å². The van der Waals surface area contributed by atoms with Crippen molar-refractivity contribution < 1.29 is 14.0 Å². The second-order valence-electron chi connectivity index (χ2n) is 7.42. The van der Waals surface area contributed by atoms with E-state index in [9.17, 15) is 9.59 Å². The lowest BCUT2D eigenvalue weighted by molar-refractivity contribution is -0.132. The molecule has 5 nitrogen and oxygen atoms in total. The molecular formula is C22H24N2O3S. The maximum absolute atomic E-state index is 12.5. The third-order valence-corrected chi connectivity index (χ3v) is 6.38. The van der Waals surface area contributed by atoms with Gasteiger partial charge < -0.3 is 9.32 Å². The zero-order valence-corrected chi connectivity index (χ0v) is 17.1. The number of para-hydroxylation sites is 2. The van der Waals surface area contributed by atoms with Crippen LogP contribution in [0, 0.1) is 13.8 Å². The van der Waals surface area contributed by atoms with Gasteiger partial charge in [-0.2, -0.15) is 0 Å². The largest absolute Gasteiger partial charge is 0.440 e. The van der Waals surface area contributed by atoms with E-state index in [2.05, 4.69) is 4.98 Å². The molecule has 1 fully saturated rings. The van der Waals surface area contributed by atoms with Crippen molar-refractivity contribution in [1.82, 2.24) is 9.88 Å². The van der Waals surface area contributed by atoms with Crippen LogP contribution in [0.2, 0.25) is 0 Å². The van der Waals surface area contributed by atoms with Gasteiger partial charge >= 0.3 is 0 Å². The van der Waals surface area contributed by atoms with Gasteiger partial charge in [-0.25, -0.2) is 4.98 Å². The maximum Gasteiger partial charge on any atom is 0.223 e. The van der Waals surface area contributed by atoms with Gasteiger partial charge in [-0.05, 0) is 44.9 Å². The summed E-state index contributed by atoms with van der Waals surface area (Å²) in [5.41, 5.74) is 2.46. The first-order valence-electron chi connectivity index (χ1n) is 9.74. The van der Waals surface area contributed by atoms with Gasteiger partial charge in [-0.15, -0.1) is 11.3 Å². The fourth-order valence-electron chi connectivity index (χ4n) is 3.86. The molecule has 1 amide bonds. The molecule has 1 aliphatic rings. The van der Waals surface area contributed by atoms with E-state index in [1.54, 1.807) is 11.3 Å². The predicted octanol–water partition coefficient (Wildman–Crippen LogP) is 4.88. The van der Waals surface area contributed by atoms with Gasteiger partial charge in [0.25, 0.3) is 0 Å². The lowest BCUT2D eigenvalue weighted by Gasteiger charge is -2.30. The number of hydrogen-bond donors (Lipinski definition) is 0. The molecule has 1 saturated heterocycles. The molecular weight excluding hydrogens is 372 g/mol. The Bertz CT molecular complexity index is 979. The summed E-state index contributed by atoms with van der Waals surface area (Å²) in [6.45, 7) is 5.34. The normalized spacial score (nSPS) is 15.3. The number of nitrogens with zero attached hydrogens (tertiary/aromatic N) is 2. The number of benzene rings is 1. The average Bonchev–Trinajstić information content (AvgIpc) is 3.28. The topological polar surface area (TPSA) is 63.4 Å². The van der Waals surface area contributed by atoms with Crippen molar-refractivity contribution in [2.24, 2.45) is 0 Å². The van der Waals surface area contributed by atoms with Crippen molar-refractivity contribution in [3.8, 4) is 0 Å². The summed E-state index contributed by atoms with van der Waals surface area (Å²) in [5.74, 6) is 1.15. The summed E-state index contributed by atoms with van der Waals surface area (Å²) < 4.78 is 5.89. The molecule has 3 heterocycles. The summed E-state index contributed by atoms with van der Waals surface area (Å²) in [6, 6.07) is 9.71. The molecule has 0 unspecified atom stereocenters. The maximum atomic E-state index is 12.5. The highest BCUT2D eigenvalue weighted by molar-refractivity contribution is 7.12. The molecule has 146 valence electrons. The number of piperidine rings is 1. The van der Waals surface area contributed by atoms with Crippen LogP contribution in [0.1, 0.15) is 57.6 Å². The van der Waals surface area contributed by atoms with E-state index in [-0.39, 0.29) is 30.4 Å². The monoisotopic (exact) mass is 396 g/mol. The summed E-state index contributed by atoms with van der Waals surface area (Å²) in [6.07, 6.45) is 2.24. The molecule has 0 aliphatic carbocycles. The summed E-state index contributed by atoms with van der Waals surface area (Å²) >= 11 is 1.63. The molecule has 0 atom stereocenters. The number of aryl methyl sites for hydroxylation is 2. The van der Waals surface area contributed by atoms with Crippen LogP contribution >= 0.6 is 11.3 Å². The Hall–Kier alpha value is -2.47. The van der Waals surface area contributed by atoms with E-state index in [0.717, 1.165) is 45.1 Å². The van der Waals surface area contributed by atoms with Crippen LogP contribution in [0.25, 0.3) is 11.1 Å². The van der Waals surface area contributed by atoms with E-state index in [1.807, 2.05) is 49.1 Å². The number of fused-ring (bicyclic) bond motifs is 1. The Balaban J connectivity index is 1.30. The van der Waals surface area contributed by atoms with Crippen LogP contribution in [0.4, 0.5) is 0 Å². The number of aromatic nitrogens is 1. The number of amides is 1. The Morgan fingerprint density at radius 3 is 2.61 bits per heavy atom. The molecule has 28 heavy (non-hydrogen) atoms. The van der Waals surface area contributed by atoms with E-state index in [1.165, 1.54) is 0 Å². The smallest absolute Gasteiger partial charge is 0.223 e. The zero-order chi connectivity index (χ0) is 19.7. The van der Waals surface area contributed by atoms with E-state index >= 15 is 0 Å². The molecule has 1 aliphatic heterocycles. The Labute approximate surface area is 168 Å². The van der Waals surface area contributed by atoms with Crippen molar-refractivity contribution in [1.29, 1.82) is 0 Å². The number of rotatable bonds is 5. The third kappa shape index (κ3) is 3.87. The zero-order valence-electron chi connectivity index (χ0n) is 16.2. The Morgan fingerprint density at radius 1 is 1.18 bits per heavy atom. The van der Waals surface area contributed by atoms with E-state index in [0.29, 0.717) is 13.1 Å². The third-order valence-electron chi connectivity index (χ3n) is 5.41. The lowest BCUT2D eigenvalue weighted by atomic mass is 9.96. The number of likely N-dealkylation sites (tertiary alicyclic amines) is 1. The number of carbonyl (C=O) groups is 2. The number of carbonyl (C=O) groups excluding carboxylic acids is 2. The first-order chi connectivity index (χ1) is 13.5. The van der Waals surface area contributed by atoms with Gasteiger partial charge in [0.1, 0.15) is 5.52 Å². The number of hydrogen-bond acceptors (Lipinski definition) is 5. The minimum absolute atomic E-state index is 0.0639. The Kier molecular flexibility index (Phi) is 5.31. The van der Waals surface area contributed by atoms with E-state index < -0.39 is 0 Å². The van der Waals surface area contributed by atoms with Crippen molar-refractivity contribution >= 4 is 34.1 Å². The molecule has 0 spiro atoms. The van der Waals surface area contributed by atoms with Crippen molar-refractivity contribution in [3.05, 3.63) is 51.5 Å². The van der Waals surface area contributed by atoms with Crippen LogP contribution in [0.15, 0.2) is 34.7 Å². The van der Waals surface area contributed by atoms with Gasteiger partial charge in [-0.1, -0.05) is 12.1 Å². The second kappa shape index (κ2) is 7.87.